The molecule has 0 aliphatic carbocycles. The molecule has 0 unspecified atom stereocenters. The van der Waals surface area contributed by atoms with Crippen molar-refractivity contribution in [2.24, 2.45) is 0 Å². The Balaban J connectivity index is 2.62. The molecule has 0 heterocycles. The standard InChI is InChI=1S/C12H17Cl2N3O3S/c1-17(3-4-21(2,19)20)7-11(18)16-12-9(14)5-8(13)6-10(12)15/h5-6H,3-4,7,15H2,1-2H3,(H,16,18). The number of sulfone groups is 1. The van der Waals surface area contributed by atoms with E-state index in [4.69, 9.17) is 28.9 Å². The molecular formula is C12H17Cl2N3O3S. The lowest BCUT2D eigenvalue weighted by Gasteiger charge is -2.16. The van der Waals surface area contributed by atoms with Crippen molar-refractivity contribution in [3.8, 4) is 0 Å². The highest BCUT2D eigenvalue weighted by atomic mass is 35.5. The van der Waals surface area contributed by atoms with Crippen LogP contribution < -0.4 is 11.1 Å². The Hall–Kier alpha value is -1.02. The fourth-order valence-electron chi connectivity index (χ4n) is 1.55. The van der Waals surface area contributed by atoms with Gasteiger partial charge >= 0.3 is 0 Å². The number of likely N-dealkylation sites (N-methyl/N-ethyl adjacent to an activating group) is 1. The SMILES string of the molecule is CN(CCS(C)(=O)=O)CC(=O)Nc1c(N)cc(Cl)cc1Cl. The average molecular weight is 354 g/mol. The Morgan fingerprint density at radius 3 is 2.52 bits per heavy atom. The molecule has 0 bridgehead atoms. The second kappa shape index (κ2) is 7.31. The molecule has 1 aromatic rings. The quantitative estimate of drug-likeness (QED) is 0.755. The zero-order valence-electron chi connectivity index (χ0n) is 11.7. The minimum absolute atomic E-state index is 0.0133. The van der Waals surface area contributed by atoms with Gasteiger partial charge in [-0.25, -0.2) is 8.42 Å². The van der Waals surface area contributed by atoms with Crippen LogP contribution in [0.15, 0.2) is 12.1 Å². The number of anilines is 2. The van der Waals surface area contributed by atoms with E-state index in [0.29, 0.717) is 10.7 Å². The molecule has 0 atom stereocenters. The van der Waals surface area contributed by atoms with Crippen molar-refractivity contribution in [2.45, 2.75) is 0 Å². The Bertz CT molecular complexity index is 612. The van der Waals surface area contributed by atoms with Crippen LogP contribution in [-0.4, -0.2) is 51.4 Å². The van der Waals surface area contributed by atoms with Crippen molar-refractivity contribution in [1.82, 2.24) is 4.90 Å². The predicted molar refractivity (Wildman–Crippen MR) is 86.7 cm³/mol. The van der Waals surface area contributed by atoms with E-state index in [9.17, 15) is 13.2 Å². The third-order valence-electron chi connectivity index (χ3n) is 2.61. The van der Waals surface area contributed by atoms with Gasteiger partial charge in [0.2, 0.25) is 5.91 Å². The van der Waals surface area contributed by atoms with Gasteiger partial charge < -0.3 is 11.1 Å². The van der Waals surface area contributed by atoms with Gasteiger partial charge in [0.05, 0.1) is 28.7 Å². The van der Waals surface area contributed by atoms with Crippen molar-refractivity contribution in [3.63, 3.8) is 0 Å². The van der Waals surface area contributed by atoms with Gasteiger partial charge in [0.1, 0.15) is 9.84 Å². The van der Waals surface area contributed by atoms with Crippen LogP contribution in [0, 0.1) is 0 Å². The van der Waals surface area contributed by atoms with Crippen LogP contribution in [0.5, 0.6) is 0 Å². The third-order valence-corrected chi connectivity index (χ3v) is 4.05. The molecule has 1 rings (SSSR count). The first-order valence-electron chi connectivity index (χ1n) is 5.99. The lowest BCUT2D eigenvalue weighted by Crippen LogP contribution is -2.33. The summed E-state index contributed by atoms with van der Waals surface area (Å²) in [6.45, 7) is 0.282. The summed E-state index contributed by atoms with van der Waals surface area (Å²) in [4.78, 5) is 13.5. The number of halogens is 2. The molecule has 3 N–H and O–H groups in total. The first kappa shape index (κ1) is 18.0. The maximum atomic E-state index is 11.9. The van der Waals surface area contributed by atoms with E-state index < -0.39 is 9.84 Å². The zero-order chi connectivity index (χ0) is 16.2. The topological polar surface area (TPSA) is 92.5 Å². The number of hydrogen-bond acceptors (Lipinski definition) is 5. The minimum Gasteiger partial charge on any atom is -0.397 e. The monoisotopic (exact) mass is 353 g/mol. The van der Waals surface area contributed by atoms with Gasteiger partial charge in [-0.15, -0.1) is 0 Å². The molecule has 0 saturated heterocycles. The minimum atomic E-state index is -3.06. The van der Waals surface area contributed by atoms with E-state index in [1.165, 1.54) is 12.1 Å². The molecule has 0 radical (unpaired) electrons. The number of carbonyl (C=O) groups is 1. The summed E-state index contributed by atoms with van der Waals surface area (Å²) in [5.41, 5.74) is 6.30. The third kappa shape index (κ3) is 6.52. The van der Waals surface area contributed by atoms with Crippen molar-refractivity contribution in [1.29, 1.82) is 0 Å². The summed E-state index contributed by atoms with van der Waals surface area (Å²) in [5, 5.41) is 3.21. The molecule has 0 aliphatic rings. The van der Waals surface area contributed by atoms with Gasteiger partial charge in [-0.1, -0.05) is 23.2 Å². The Labute approximate surface area is 134 Å². The van der Waals surface area contributed by atoms with Gasteiger partial charge in [-0.2, -0.15) is 0 Å². The summed E-state index contributed by atoms with van der Waals surface area (Å²) in [6, 6.07) is 2.96. The molecule has 0 aliphatic heterocycles. The van der Waals surface area contributed by atoms with Gasteiger partial charge in [-0.05, 0) is 19.2 Å². The average Bonchev–Trinajstić information content (AvgIpc) is 2.30. The van der Waals surface area contributed by atoms with E-state index in [2.05, 4.69) is 5.32 Å². The summed E-state index contributed by atoms with van der Waals surface area (Å²) < 4.78 is 22.1. The summed E-state index contributed by atoms with van der Waals surface area (Å²) in [6.07, 6.45) is 1.15. The molecule has 1 amide bonds. The smallest absolute Gasteiger partial charge is 0.238 e. The van der Waals surface area contributed by atoms with Crippen LogP contribution in [0.2, 0.25) is 10.0 Å². The fourth-order valence-corrected chi connectivity index (χ4v) is 2.75. The van der Waals surface area contributed by atoms with E-state index in [1.807, 2.05) is 0 Å². The molecule has 0 fully saturated rings. The van der Waals surface area contributed by atoms with Crippen LogP contribution in [0.4, 0.5) is 11.4 Å². The molecule has 6 nitrogen and oxygen atoms in total. The number of nitrogens with one attached hydrogen (secondary N) is 1. The van der Waals surface area contributed by atoms with E-state index >= 15 is 0 Å². The molecule has 9 heteroatoms. The number of nitrogen functional groups attached to an aromatic ring is 1. The number of carbonyl (C=O) groups excluding carboxylic acids is 1. The molecule has 0 saturated carbocycles. The molecule has 118 valence electrons. The summed E-state index contributed by atoms with van der Waals surface area (Å²) in [7, 11) is -1.41. The molecule has 0 aromatic heterocycles. The number of hydrogen-bond donors (Lipinski definition) is 2. The summed E-state index contributed by atoms with van der Waals surface area (Å²) in [5.74, 6) is -0.359. The predicted octanol–water partition coefficient (Wildman–Crippen LogP) is 1.49. The number of amides is 1. The first-order chi connectivity index (χ1) is 9.58. The van der Waals surface area contributed by atoms with Crippen LogP contribution in [0.3, 0.4) is 0 Å². The second-order valence-electron chi connectivity index (χ2n) is 4.77. The Morgan fingerprint density at radius 1 is 1.38 bits per heavy atom. The maximum Gasteiger partial charge on any atom is 0.238 e. The Kier molecular flexibility index (Phi) is 6.27. The highest BCUT2D eigenvalue weighted by Crippen LogP contribution is 2.31. The van der Waals surface area contributed by atoms with Gasteiger partial charge in [-0.3, -0.25) is 9.69 Å². The summed E-state index contributed by atoms with van der Waals surface area (Å²) >= 11 is 11.7. The van der Waals surface area contributed by atoms with Gasteiger partial charge in [0.15, 0.2) is 0 Å². The highest BCUT2D eigenvalue weighted by molar-refractivity contribution is 7.90. The molecular weight excluding hydrogens is 337 g/mol. The lowest BCUT2D eigenvalue weighted by atomic mass is 10.2. The number of nitrogens with zero attached hydrogens (tertiary/aromatic N) is 1. The van der Waals surface area contributed by atoms with E-state index in [0.717, 1.165) is 6.26 Å². The maximum absolute atomic E-state index is 11.9. The van der Waals surface area contributed by atoms with Crippen LogP contribution in [-0.2, 0) is 14.6 Å². The van der Waals surface area contributed by atoms with Crippen molar-refractivity contribution in [2.75, 3.05) is 43.2 Å². The number of rotatable bonds is 6. The van der Waals surface area contributed by atoms with E-state index in [1.54, 1.807) is 11.9 Å². The fraction of sp³-hybridized carbons (Fsp3) is 0.417. The van der Waals surface area contributed by atoms with Crippen LogP contribution in [0.1, 0.15) is 0 Å². The second-order valence-corrected chi connectivity index (χ2v) is 7.87. The van der Waals surface area contributed by atoms with Gasteiger partial charge in [0, 0.05) is 17.8 Å². The van der Waals surface area contributed by atoms with Crippen molar-refractivity contribution in [3.05, 3.63) is 22.2 Å². The van der Waals surface area contributed by atoms with Gasteiger partial charge in [0.25, 0.3) is 0 Å². The molecule has 1 aromatic carbocycles. The number of nitrogens with two attached hydrogens (primary N) is 1. The Morgan fingerprint density at radius 2 is 2.00 bits per heavy atom. The zero-order valence-corrected chi connectivity index (χ0v) is 14.0. The normalized spacial score (nSPS) is 11.7. The number of benzene rings is 1. The van der Waals surface area contributed by atoms with Crippen LogP contribution >= 0.6 is 23.2 Å². The van der Waals surface area contributed by atoms with Crippen molar-refractivity contribution < 1.29 is 13.2 Å². The largest absolute Gasteiger partial charge is 0.397 e. The lowest BCUT2D eigenvalue weighted by molar-refractivity contribution is -0.117. The molecule has 0 spiro atoms. The van der Waals surface area contributed by atoms with Crippen LogP contribution in [0.25, 0.3) is 0 Å². The first-order valence-corrected chi connectivity index (χ1v) is 8.81. The highest BCUT2D eigenvalue weighted by Gasteiger charge is 2.13. The van der Waals surface area contributed by atoms with Crippen molar-refractivity contribution >= 4 is 50.3 Å². The molecule has 21 heavy (non-hydrogen) atoms. The van der Waals surface area contributed by atoms with E-state index in [-0.39, 0.29) is 35.5 Å².